The summed E-state index contributed by atoms with van der Waals surface area (Å²) in [6.45, 7) is 3.98. The number of hydrogen-bond donors (Lipinski definition) is 0. The lowest BCUT2D eigenvalue weighted by Crippen LogP contribution is -2.39. The highest BCUT2D eigenvalue weighted by Gasteiger charge is 2.09. The smallest absolute Gasteiger partial charge is 0.305 e. The maximum atomic E-state index is 11.6. The molecule has 0 bridgehead atoms. The predicted molar refractivity (Wildman–Crippen MR) is 63.9 cm³/mol. The van der Waals surface area contributed by atoms with Gasteiger partial charge in [-0.25, -0.2) is 0 Å². The fourth-order valence-corrected chi connectivity index (χ4v) is 1.83. The Morgan fingerprint density at radius 3 is 1.44 bits per heavy atom. The molecule has 0 unspecified atom stereocenters. The number of nitrogens with zero attached hydrogens (tertiary/aromatic N) is 2. The summed E-state index contributed by atoms with van der Waals surface area (Å²) in [5, 5.41) is 0. The molecule has 0 aliphatic rings. The molecule has 0 aliphatic heterocycles. The average Bonchev–Trinajstić information content (AvgIpc) is 2.26. The lowest BCUT2D eigenvalue weighted by atomic mass is 10.1. The van der Waals surface area contributed by atoms with Crippen LogP contribution in [0.15, 0.2) is 21.7 Å². The lowest BCUT2D eigenvalue weighted by molar-refractivity contribution is 0.797. The number of rotatable bonds is 0. The molecule has 1 aromatic heterocycles. The molecule has 84 valence electrons. The van der Waals surface area contributed by atoms with Gasteiger partial charge >= 0.3 is 11.1 Å². The molecule has 0 aliphatic carbocycles. The quantitative estimate of drug-likeness (QED) is 0.615. The van der Waals surface area contributed by atoms with Gasteiger partial charge in [0.2, 0.25) is 0 Å². The molecular weight excluding hydrogens is 204 g/mol. The summed E-state index contributed by atoms with van der Waals surface area (Å²) < 4.78 is 2.81. The number of hydrogen-bond acceptors (Lipinski definition) is 2. The minimum absolute atomic E-state index is 0.488. The predicted octanol–water partition coefficient (Wildman–Crippen LogP) is 0.854. The van der Waals surface area contributed by atoms with Gasteiger partial charge in [0.25, 0.3) is 0 Å². The van der Waals surface area contributed by atoms with Gasteiger partial charge in [-0.15, -0.1) is 0 Å². The zero-order valence-electron chi connectivity index (χ0n) is 9.87. The molecule has 1 aromatic carbocycles. The SMILES string of the molecule is Cc1cc2c(cc1C)n(C)c(=O)c(=O)n2C. The van der Waals surface area contributed by atoms with E-state index < -0.39 is 11.1 Å². The van der Waals surface area contributed by atoms with E-state index in [4.69, 9.17) is 0 Å². The minimum Gasteiger partial charge on any atom is -0.305 e. The van der Waals surface area contributed by atoms with Crippen LogP contribution in [-0.2, 0) is 14.1 Å². The molecule has 0 amide bonds. The second kappa shape index (κ2) is 3.33. The second-order valence-corrected chi connectivity index (χ2v) is 4.15. The van der Waals surface area contributed by atoms with Crippen molar-refractivity contribution >= 4 is 11.0 Å². The van der Waals surface area contributed by atoms with Gasteiger partial charge in [0.15, 0.2) is 0 Å². The van der Waals surface area contributed by atoms with Gasteiger partial charge < -0.3 is 9.13 Å². The van der Waals surface area contributed by atoms with E-state index in [2.05, 4.69) is 0 Å². The van der Waals surface area contributed by atoms with Gasteiger partial charge in [-0.3, -0.25) is 9.59 Å². The molecule has 0 saturated heterocycles. The Labute approximate surface area is 92.8 Å². The topological polar surface area (TPSA) is 44.0 Å². The van der Waals surface area contributed by atoms with Gasteiger partial charge in [0.05, 0.1) is 11.0 Å². The number of fused-ring (bicyclic) bond motifs is 1. The molecule has 2 rings (SSSR count). The molecule has 1 heterocycles. The van der Waals surface area contributed by atoms with Crippen LogP contribution in [0, 0.1) is 13.8 Å². The first kappa shape index (κ1) is 10.7. The van der Waals surface area contributed by atoms with Crippen molar-refractivity contribution in [3.05, 3.63) is 44.0 Å². The average molecular weight is 218 g/mol. The lowest BCUT2D eigenvalue weighted by Gasteiger charge is -2.11. The van der Waals surface area contributed by atoms with Crippen molar-refractivity contribution in [2.24, 2.45) is 14.1 Å². The first-order valence-electron chi connectivity index (χ1n) is 5.10. The van der Waals surface area contributed by atoms with Gasteiger partial charge in [-0.05, 0) is 37.1 Å². The Morgan fingerprint density at radius 2 is 1.12 bits per heavy atom. The van der Waals surface area contributed by atoms with E-state index in [-0.39, 0.29) is 0 Å². The second-order valence-electron chi connectivity index (χ2n) is 4.15. The van der Waals surface area contributed by atoms with Crippen molar-refractivity contribution in [2.45, 2.75) is 13.8 Å². The molecule has 0 atom stereocenters. The van der Waals surface area contributed by atoms with Crippen molar-refractivity contribution in [1.29, 1.82) is 0 Å². The molecule has 2 aromatic rings. The summed E-state index contributed by atoms with van der Waals surface area (Å²) in [6.07, 6.45) is 0. The fraction of sp³-hybridized carbons (Fsp3) is 0.333. The van der Waals surface area contributed by atoms with Gasteiger partial charge in [-0.2, -0.15) is 0 Å². The van der Waals surface area contributed by atoms with E-state index in [1.54, 1.807) is 14.1 Å². The van der Waals surface area contributed by atoms with E-state index >= 15 is 0 Å². The molecule has 0 radical (unpaired) electrons. The minimum atomic E-state index is -0.488. The van der Waals surface area contributed by atoms with Crippen LogP contribution in [0.5, 0.6) is 0 Å². The van der Waals surface area contributed by atoms with Crippen molar-refractivity contribution < 1.29 is 0 Å². The van der Waals surface area contributed by atoms with Crippen LogP contribution in [0.25, 0.3) is 11.0 Å². The third kappa shape index (κ3) is 1.30. The first-order chi connectivity index (χ1) is 7.43. The molecule has 16 heavy (non-hydrogen) atoms. The van der Waals surface area contributed by atoms with Crippen molar-refractivity contribution in [3.63, 3.8) is 0 Å². The zero-order chi connectivity index (χ0) is 12.0. The standard InChI is InChI=1S/C12H14N2O2/c1-7-5-9-10(6-8(7)2)14(4)12(16)11(15)13(9)3/h5-6H,1-4H3. The van der Waals surface area contributed by atoms with E-state index in [1.165, 1.54) is 9.13 Å². The van der Waals surface area contributed by atoms with Gasteiger partial charge in [-0.1, -0.05) is 0 Å². The van der Waals surface area contributed by atoms with Crippen LogP contribution in [0.4, 0.5) is 0 Å². The normalized spacial score (nSPS) is 11.0. The van der Waals surface area contributed by atoms with Crippen molar-refractivity contribution in [1.82, 2.24) is 9.13 Å². The van der Waals surface area contributed by atoms with Crippen molar-refractivity contribution in [3.8, 4) is 0 Å². The first-order valence-corrected chi connectivity index (χ1v) is 5.10. The molecule has 4 nitrogen and oxygen atoms in total. The Morgan fingerprint density at radius 1 is 0.812 bits per heavy atom. The van der Waals surface area contributed by atoms with Crippen LogP contribution in [0.3, 0.4) is 0 Å². The Kier molecular flexibility index (Phi) is 2.22. The zero-order valence-corrected chi connectivity index (χ0v) is 9.87. The summed E-state index contributed by atoms with van der Waals surface area (Å²) in [4.78, 5) is 23.3. The number of aromatic nitrogens is 2. The largest absolute Gasteiger partial charge is 0.316 e. The Hall–Kier alpha value is -1.84. The highest BCUT2D eigenvalue weighted by molar-refractivity contribution is 5.77. The molecule has 4 heteroatoms. The van der Waals surface area contributed by atoms with Crippen LogP contribution in [0.1, 0.15) is 11.1 Å². The fourth-order valence-electron chi connectivity index (χ4n) is 1.83. The Bertz CT molecular complexity index is 632. The third-order valence-corrected chi connectivity index (χ3v) is 3.11. The summed E-state index contributed by atoms with van der Waals surface area (Å²) in [7, 11) is 3.25. The Balaban J connectivity index is 3.15. The number of benzene rings is 1. The maximum Gasteiger partial charge on any atom is 0.316 e. The van der Waals surface area contributed by atoms with Gasteiger partial charge in [0, 0.05) is 14.1 Å². The summed E-state index contributed by atoms with van der Waals surface area (Å²) in [5.74, 6) is 0. The highest BCUT2D eigenvalue weighted by atomic mass is 16.2. The van der Waals surface area contributed by atoms with Crippen molar-refractivity contribution in [2.75, 3.05) is 0 Å². The van der Waals surface area contributed by atoms with Crippen LogP contribution in [0.2, 0.25) is 0 Å². The van der Waals surface area contributed by atoms with E-state index in [9.17, 15) is 9.59 Å². The van der Waals surface area contributed by atoms with Crippen LogP contribution >= 0.6 is 0 Å². The monoisotopic (exact) mass is 218 g/mol. The molecule has 0 saturated carbocycles. The summed E-state index contributed by atoms with van der Waals surface area (Å²) >= 11 is 0. The third-order valence-electron chi connectivity index (χ3n) is 3.11. The highest BCUT2D eigenvalue weighted by Crippen LogP contribution is 2.15. The van der Waals surface area contributed by atoms with Gasteiger partial charge in [0.1, 0.15) is 0 Å². The maximum absolute atomic E-state index is 11.6. The van der Waals surface area contributed by atoms with Crippen LogP contribution < -0.4 is 11.1 Å². The number of aryl methyl sites for hydroxylation is 4. The molecule has 0 N–H and O–H groups in total. The summed E-state index contributed by atoms with van der Waals surface area (Å²) in [6, 6.07) is 3.87. The van der Waals surface area contributed by atoms with E-state index in [0.29, 0.717) is 0 Å². The van der Waals surface area contributed by atoms with Crippen LogP contribution in [-0.4, -0.2) is 9.13 Å². The van der Waals surface area contributed by atoms with E-state index in [1.807, 2.05) is 26.0 Å². The van der Waals surface area contributed by atoms with E-state index in [0.717, 1.165) is 22.2 Å². The molecule has 0 fully saturated rings. The summed E-state index contributed by atoms with van der Waals surface area (Å²) in [5.41, 5.74) is 2.82. The molecular formula is C12H14N2O2. The molecule has 0 spiro atoms.